The zero-order valence-corrected chi connectivity index (χ0v) is 17.8. The largest absolute Gasteiger partial charge is 0.416 e. The van der Waals surface area contributed by atoms with Crippen molar-refractivity contribution in [3.05, 3.63) is 81.7 Å². The van der Waals surface area contributed by atoms with Gasteiger partial charge in [0.25, 0.3) is 5.91 Å². The van der Waals surface area contributed by atoms with E-state index in [1.54, 1.807) is 40.5 Å². The number of carbonyl (C=O) groups excluding carboxylic acids is 1. The predicted octanol–water partition coefficient (Wildman–Crippen LogP) is 4.85. The van der Waals surface area contributed by atoms with E-state index in [1.807, 2.05) is 6.07 Å². The minimum atomic E-state index is -4.35. The van der Waals surface area contributed by atoms with E-state index in [1.165, 1.54) is 12.1 Å². The number of benzene rings is 2. The number of rotatable bonds is 3. The first-order valence-corrected chi connectivity index (χ1v) is 11.0. The average molecular weight is 459 g/mol. The van der Waals surface area contributed by atoms with Crippen LogP contribution in [0.2, 0.25) is 0 Å². The van der Waals surface area contributed by atoms with Crippen LogP contribution in [-0.2, 0) is 29.5 Å². The molecule has 0 unspecified atom stereocenters. The molecule has 32 heavy (non-hydrogen) atoms. The summed E-state index contributed by atoms with van der Waals surface area (Å²) in [6, 6.07) is 14.2. The Labute approximate surface area is 186 Å². The van der Waals surface area contributed by atoms with Gasteiger partial charge in [0.15, 0.2) is 0 Å². The molecule has 1 fully saturated rings. The van der Waals surface area contributed by atoms with Gasteiger partial charge in [0.2, 0.25) is 0 Å². The molecule has 3 heterocycles. The lowest BCUT2D eigenvalue weighted by Crippen LogP contribution is -2.46. The maximum Gasteiger partial charge on any atom is 0.416 e. The molecule has 1 amide bonds. The van der Waals surface area contributed by atoms with Gasteiger partial charge in [-0.25, -0.2) is 0 Å². The highest BCUT2D eigenvalue weighted by molar-refractivity contribution is 7.15. The number of nitrogens with zero attached hydrogens (tertiary/aromatic N) is 1. The molecule has 0 atom stereocenters. The molecule has 0 spiro atoms. The van der Waals surface area contributed by atoms with Crippen LogP contribution in [0.1, 0.15) is 31.9 Å². The Kier molecular flexibility index (Phi) is 5.11. The number of carbonyl (C=O) groups is 1. The van der Waals surface area contributed by atoms with Crippen molar-refractivity contribution < 1.29 is 27.8 Å². The standard InChI is InChI=1S/C24H20F3NO3S/c25-24(26,27)18-6-4-15(5-7-18)21-11-17-12-28(9-8-20(17)32-21)22(29)16-2-1-3-19(10-16)23(30)13-31-14-23/h1-7,10-11,30H,8-9,12-14H2. The zero-order valence-electron chi connectivity index (χ0n) is 17.0. The van der Waals surface area contributed by atoms with Crippen LogP contribution in [0.15, 0.2) is 54.6 Å². The summed E-state index contributed by atoms with van der Waals surface area (Å²) in [5.41, 5.74) is 1.25. The van der Waals surface area contributed by atoms with Gasteiger partial charge in [-0.3, -0.25) is 4.79 Å². The number of thiophene rings is 1. The van der Waals surface area contributed by atoms with Gasteiger partial charge in [-0.05, 0) is 53.4 Å². The van der Waals surface area contributed by atoms with Crippen LogP contribution >= 0.6 is 11.3 Å². The SMILES string of the molecule is O=C(c1cccc(C2(O)COC2)c1)N1CCc2sc(-c3ccc(C(F)(F)F)cc3)cc2C1. The number of amides is 1. The van der Waals surface area contributed by atoms with Gasteiger partial charge >= 0.3 is 6.18 Å². The number of ether oxygens (including phenoxy) is 1. The number of hydrogen-bond acceptors (Lipinski definition) is 4. The Bertz CT molecular complexity index is 1170. The second-order valence-electron chi connectivity index (χ2n) is 8.22. The van der Waals surface area contributed by atoms with Gasteiger partial charge in [0.1, 0.15) is 5.60 Å². The summed E-state index contributed by atoms with van der Waals surface area (Å²) in [5.74, 6) is -0.108. The van der Waals surface area contributed by atoms with Gasteiger partial charge < -0.3 is 14.7 Å². The molecule has 2 aliphatic rings. The summed E-state index contributed by atoms with van der Waals surface area (Å²) >= 11 is 1.56. The molecular weight excluding hydrogens is 439 g/mol. The third-order valence-electron chi connectivity index (χ3n) is 5.98. The van der Waals surface area contributed by atoms with Crippen LogP contribution in [0.3, 0.4) is 0 Å². The van der Waals surface area contributed by atoms with E-state index in [0.29, 0.717) is 30.6 Å². The van der Waals surface area contributed by atoms with Crippen LogP contribution in [0.5, 0.6) is 0 Å². The topological polar surface area (TPSA) is 49.8 Å². The molecule has 0 bridgehead atoms. The fourth-order valence-electron chi connectivity index (χ4n) is 4.06. The van der Waals surface area contributed by atoms with Crippen molar-refractivity contribution in [1.29, 1.82) is 0 Å². The molecule has 1 aromatic heterocycles. The molecule has 0 radical (unpaired) electrons. The molecule has 5 rings (SSSR count). The van der Waals surface area contributed by atoms with Gasteiger partial charge in [0, 0.05) is 28.4 Å². The molecule has 8 heteroatoms. The van der Waals surface area contributed by atoms with Crippen LogP contribution in [0.4, 0.5) is 13.2 Å². The predicted molar refractivity (Wildman–Crippen MR) is 114 cm³/mol. The average Bonchev–Trinajstić information content (AvgIpc) is 3.20. The van der Waals surface area contributed by atoms with Crippen LogP contribution in [0.25, 0.3) is 10.4 Å². The van der Waals surface area contributed by atoms with E-state index >= 15 is 0 Å². The van der Waals surface area contributed by atoms with Crippen LogP contribution < -0.4 is 0 Å². The number of alkyl halides is 3. The maximum absolute atomic E-state index is 13.1. The highest BCUT2D eigenvalue weighted by Crippen LogP contribution is 2.37. The van der Waals surface area contributed by atoms with Crippen molar-refractivity contribution in [2.24, 2.45) is 0 Å². The van der Waals surface area contributed by atoms with Crippen molar-refractivity contribution in [2.75, 3.05) is 19.8 Å². The molecule has 166 valence electrons. The van der Waals surface area contributed by atoms with E-state index in [2.05, 4.69) is 0 Å². The quantitative estimate of drug-likeness (QED) is 0.609. The molecule has 2 aromatic carbocycles. The lowest BCUT2D eigenvalue weighted by atomic mass is 9.90. The summed E-state index contributed by atoms with van der Waals surface area (Å²) in [5, 5.41) is 10.5. The van der Waals surface area contributed by atoms with Gasteiger partial charge in [-0.15, -0.1) is 11.3 Å². The van der Waals surface area contributed by atoms with Gasteiger partial charge in [0.05, 0.1) is 18.8 Å². The van der Waals surface area contributed by atoms with E-state index in [-0.39, 0.29) is 19.1 Å². The number of hydrogen-bond donors (Lipinski definition) is 1. The van der Waals surface area contributed by atoms with Crippen molar-refractivity contribution in [1.82, 2.24) is 4.90 Å². The second-order valence-corrected chi connectivity index (χ2v) is 9.35. The van der Waals surface area contributed by atoms with Crippen molar-refractivity contribution in [3.63, 3.8) is 0 Å². The monoisotopic (exact) mass is 459 g/mol. The lowest BCUT2D eigenvalue weighted by Gasteiger charge is -2.37. The Morgan fingerprint density at radius 2 is 1.84 bits per heavy atom. The molecule has 3 aromatic rings. The maximum atomic E-state index is 13.1. The fraction of sp³-hybridized carbons (Fsp3) is 0.292. The minimum Gasteiger partial charge on any atom is -0.380 e. The molecule has 2 aliphatic heterocycles. The normalized spacial score (nSPS) is 17.6. The Balaban J connectivity index is 1.34. The zero-order chi connectivity index (χ0) is 22.5. The van der Waals surface area contributed by atoms with E-state index in [4.69, 9.17) is 4.74 Å². The van der Waals surface area contributed by atoms with Crippen molar-refractivity contribution in [2.45, 2.75) is 24.7 Å². The summed E-state index contributed by atoms with van der Waals surface area (Å²) < 4.78 is 43.6. The molecular formula is C24H20F3NO3S. The van der Waals surface area contributed by atoms with Crippen molar-refractivity contribution in [3.8, 4) is 10.4 Å². The number of halogens is 3. The fourth-order valence-corrected chi connectivity index (χ4v) is 5.23. The first-order chi connectivity index (χ1) is 15.2. The minimum absolute atomic E-state index is 0.108. The molecule has 0 aliphatic carbocycles. The van der Waals surface area contributed by atoms with Crippen LogP contribution in [0, 0.1) is 0 Å². The molecule has 1 N–H and O–H groups in total. The Morgan fingerprint density at radius 3 is 2.50 bits per heavy atom. The summed E-state index contributed by atoms with van der Waals surface area (Å²) in [6.45, 7) is 1.46. The Hall–Kier alpha value is -2.68. The lowest BCUT2D eigenvalue weighted by molar-refractivity contribution is -0.184. The molecule has 0 saturated carbocycles. The van der Waals surface area contributed by atoms with Gasteiger partial charge in [-0.1, -0.05) is 24.3 Å². The van der Waals surface area contributed by atoms with Crippen molar-refractivity contribution >= 4 is 17.2 Å². The highest BCUT2D eigenvalue weighted by atomic mass is 32.1. The number of fused-ring (bicyclic) bond motifs is 1. The second kappa shape index (κ2) is 7.72. The van der Waals surface area contributed by atoms with Gasteiger partial charge in [-0.2, -0.15) is 13.2 Å². The summed E-state index contributed by atoms with van der Waals surface area (Å²) in [4.78, 5) is 16.9. The third-order valence-corrected chi connectivity index (χ3v) is 7.27. The van der Waals surface area contributed by atoms with E-state index in [9.17, 15) is 23.1 Å². The Morgan fingerprint density at radius 1 is 1.09 bits per heavy atom. The van der Waals surface area contributed by atoms with Crippen LogP contribution in [-0.4, -0.2) is 35.7 Å². The smallest absolute Gasteiger partial charge is 0.380 e. The third kappa shape index (κ3) is 3.83. The van der Waals surface area contributed by atoms with E-state index in [0.717, 1.165) is 33.0 Å². The summed E-state index contributed by atoms with van der Waals surface area (Å²) in [7, 11) is 0. The first-order valence-electron chi connectivity index (χ1n) is 10.2. The molecule has 4 nitrogen and oxygen atoms in total. The van der Waals surface area contributed by atoms with E-state index < -0.39 is 17.3 Å². The number of aliphatic hydroxyl groups is 1. The summed E-state index contributed by atoms with van der Waals surface area (Å²) in [6.07, 6.45) is -3.66. The highest BCUT2D eigenvalue weighted by Gasteiger charge is 2.38. The molecule has 1 saturated heterocycles. The first kappa shape index (κ1) is 21.2.